The number of hydrogen-bond donors (Lipinski definition) is 1. The third-order valence-electron chi connectivity index (χ3n) is 5.52. The molecule has 1 fully saturated rings. The third-order valence-corrected chi connectivity index (χ3v) is 5.52. The molecular formula is C27H24N2O5. The van der Waals surface area contributed by atoms with Gasteiger partial charge in [0, 0.05) is 24.5 Å². The summed E-state index contributed by atoms with van der Waals surface area (Å²) in [7, 11) is 1.54. The molecule has 3 aromatic rings. The van der Waals surface area contributed by atoms with Crippen molar-refractivity contribution < 1.29 is 24.2 Å². The third kappa shape index (κ3) is 4.54. The van der Waals surface area contributed by atoms with Gasteiger partial charge in [-0.15, -0.1) is 0 Å². The zero-order valence-electron chi connectivity index (χ0n) is 18.7. The predicted octanol–water partition coefficient (Wildman–Crippen LogP) is 4.28. The number of ether oxygens (including phenoxy) is 2. The van der Waals surface area contributed by atoms with E-state index in [0.717, 1.165) is 5.56 Å². The Balaban J connectivity index is 1.83. The van der Waals surface area contributed by atoms with Crippen molar-refractivity contribution >= 4 is 17.4 Å². The molecule has 1 N–H and O–H groups in total. The number of amides is 1. The van der Waals surface area contributed by atoms with E-state index in [9.17, 15) is 14.7 Å². The predicted molar refractivity (Wildman–Crippen MR) is 127 cm³/mol. The van der Waals surface area contributed by atoms with Crippen molar-refractivity contribution in [3.63, 3.8) is 0 Å². The number of carbonyl (C=O) groups is 2. The minimum atomic E-state index is -0.811. The van der Waals surface area contributed by atoms with Crippen LogP contribution in [-0.2, 0) is 16.1 Å². The number of pyridine rings is 1. The number of hydrogen-bond acceptors (Lipinski definition) is 6. The SMILES string of the molecule is C=CCOc1cccc([C@@H]2/C(=C(\O)c3ccc(OC)cc3)C(=O)C(=O)N2Cc2cccnc2)c1. The number of ketones is 1. The Bertz CT molecular complexity index is 1240. The van der Waals surface area contributed by atoms with Gasteiger partial charge in [0.05, 0.1) is 18.7 Å². The first-order chi connectivity index (χ1) is 16.5. The van der Waals surface area contributed by atoms with Crippen LogP contribution in [0.2, 0.25) is 0 Å². The van der Waals surface area contributed by atoms with Crippen LogP contribution < -0.4 is 9.47 Å². The number of nitrogens with zero attached hydrogens (tertiary/aromatic N) is 2. The van der Waals surface area contributed by atoms with Crippen LogP contribution >= 0.6 is 0 Å². The molecule has 1 aromatic heterocycles. The molecule has 0 spiro atoms. The summed E-state index contributed by atoms with van der Waals surface area (Å²) < 4.78 is 10.8. The smallest absolute Gasteiger partial charge is 0.295 e. The quantitative estimate of drug-likeness (QED) is 0.236. The molecule has 0 unspecified atom stereocenters. The molecule has 1 aliphatic rings. The van der Waals surface area contributed by atoms with Gasteiger partial charge in [0.2, 0.25) is 0 Å². The molecule has 2 heterocycles. The highest BCUT2D eigenvalue weighted by molar-refractivity contribution is 6.46. The molecule has 4 rings (SSSR count). The Hall–Kier alpha value is -4.39. The lowest BCUT2D eigenvalue weighted by Crippen LogP contribution is -2.29. The number of carbonyl (C=O) groups excluding carboxylic acids is 2. The van der Waals surface area contributed by atoms with Crippen LogP contribution in [-0.4, -0.2) is 40.4 Å². The number of methoxy groups -OCH3 is 1. The van der Waals surface area contributed by atoms with Gasteiger partial charge in [-0.25, -0.2) is 0 Å². The van der Waals surface area contributed by atoms with Crippen molar-refractivity contribution in [1.82, 2.24) is 9.88 Å². The summed E-state index contributed by atoms with van der Waals surface area (Å²) in [5.74, 6) is -0.524. The maximum Gasteiger partial charge on any atom is 0.295 e. The highest BCUT2D eigenvalue weighted by Gasteiger charge is 2.46. The van der Waals surface area contributed by atoms with Gasteiger partial charge in [-0.2, -0.15) is 0 Å². The van der Waals surface area contributed by atoms with Gasteiger partial charge in [-0.3, -0.25) is 14.6 Å². The molecule has 1 aliphatic heterocycles. The van der Waals surface area contributed by atoms with E-state index in [4.69, 9.17) is 9.47 Å². The summed E-state index contributed by atoms with van der Waals surface area (Å²) in [5, 5.41) is 11.2. The zero-order valence-corrected chi connectivity index (χ0v) is 18.7. The Morgan fingerprint density at radius 2 is 1.91 bits per heavy atom. The van der Waals surface area contributed by atoms with Gasteiger partial charge in [0.25, 0.3) is 11.7 Å². The normalized spacial score (nSPS) is 17.0. The highest BCUT2D eigenvalue weighted by Crippen LogP contribution is 2.41. The molecule has 1 amide bonds. The van der Waals surface area contributed by atoms with E-state index in [1.807, 2.05) is 6.07 Å². The number of likely N-dealkylation sites (tertiary alicyclic amines) is 1. The second-order valence-corrected chi connectivity index (χ2v) is 7.69. The van der Waals surface area contributed by atoms with Crippen LogP contribution in [0, 0.1) is 0 Å². The monoisotopic (exact) mass is 456 g/mol. The second kappa shape index (κ2) is 10.0. The number of Topliss-reactive ketones (excluding diaryl/α,β-unsaturated/α-hetero) is 1. The minimum Gasteiger partial charge on any atom is -0.507 e. The molecule has 172 valence electrons. The summed E-state index contributed by atoms with van der Waals surface area (Å²) >= 11 is 0. The number of rotatable bonds is 8. The van der Waals surface area contributed by atoms with Crippen LogP contribution in [0.5, 0.6) is 11.5 Å². The largest absolute Gasteiger partial charge is 0.507 e. The van der Waals surface area contributed by atoms with Crippen molar-refractivity contribution in [2.75, 3.05) is 13.7 Å². The number of aromatic nitrogens is 1. The van der Waals surface area contributed by atoms with Crippen molar-refractivity contribution in [3.8, 4) is 11.5 Å². The fourth-order valence-corrected chi connectivity index (χ4v) is 3.91. The van der Waals surface area contributed by atoms with Crippen molar-refractivity contribution in [1.29, 1.82) is 0 Å². The average molecular weight is 456 g/mol. The summed E-state index contributed by atoms with van der Waals surface area (Å²) in [5.41, 5.74) is 1.82. The second-order valence-electron chi connectivity index (χ2n) is 7.69. The molecule has 0 bridgehead atoms. The topological polar surface area (TPSA) is 89.0 Å². The lowest BCUT2D eigenvalue weighted by molar-refractivity contribution is -0.140. The highest BCUT2D eigenvalue weighted by atomic mass is 16.5. The van der Waals surface area contributed by atoms with E-state index >= 15 is 0 Å². The molecule has 7 nitrogen and oxygen atoms in total. The first-order valence-corrected chi connectivity index (χ1v) is 10.7. The van der Waals surface area contributed by atoms with E-state index in [0.29, 0.717) is 29.2 Å². The standard InChI is InChI=1S/C27H24N2O5/c1-3-14-34-22-8-4-7-20(15-22)24-23(25(30)19-9-11-21(33-2)12-10-19)26(31)27(32)29(24)17-18-6-5-13-28-16-18/h3-13,15-16,24,30H,1,14,17H2,2H3/b25-23+/t24-/m1/s1. The molecule has 2 aromatic carbocycles. The molecule has 1 atom stereocenters. The molecule has 34 heavy (non-hydrogen) atoms. The Labute approximate surface area is 197 Å². The van der Waals surface area contributed by atoms with Gasteiger partial charge >= 0.3 is 0 Å². The molecule has 0 aliphatic carbocycles. The zero-order chi connectivity index (χ0) is 24.1. The molecular weight excluding hydrogens is 432 g/mol. The van der Waals surface area contributed by atoms with Gasteiger partial charge in [-0.1, -0.05) is 30.9 Å². The van der Waals surface area contributed by atoms with Gasteiger partial charge < -0.3 is 19.5 Å². The van der Waals surface area contributed by atoms with Crippen molar-refractivity contribution in [2.24, 2.45) is 0 Å². The maximum absolute atomic E-state index is 13.2. The van der Waals surface area contributed by atoms with Gasteiger partial charge in [0.15, 0.2) is 0 Å². The van der Waals surface area contributed by atoms with Crippen LogP contribution in [0.1, 0.15) is 22.7 Å². The molecule has 0 radical (unpaired) electrons. The number of benzene rings is 2. The summed E-state index contributed by atoms with van der Waals surface area (Å²) in [6.45, 7) is 4.12. The Morgan fingerprint density at radius 3 is 2.59 bits per heavy atom. The number of aliphatic hydroxyl groups excluding tert-OH is 1. The Morgan fingerprint density at radius 1 is 1.12 bits per heavy atom. The molecule has 1 saturated heterocycles. The summed E-state index contributed by atoms with van der Waals surface area (Å²) in [6, 6.07) is 16.6. The van der Waals surface area contributed by atoms with E-state index in [1.54, 1.807) is 80.2 Å². The minimum absolute atomic E-state index is 0.0138. The maximum atomic E-state index is 13.2. The fourth-order valence-electron chi connectivity index (χ4n) is 3.91. The molecule has 7 heteroatoms. The van der Waals surface area contributed by atoms with Crippen LogP contribution in [0.15, 0.2) is 91.3 Å². The van der Waals surface area contributed by atoms with Crippen LogP contribution in [0.3, 0.4) is 0 Å². The lowest BCUT2D eigenvalue weighted by Gasteiger charge is -2.25. The van der Waals surface area contributed by atoms with Crippen LogP contribution in [0.4, 0.5) is 0 Å². The van der Waals surface area contributed by atoms with E-state index in [-0.39, 0.29) is 17.9 Å². The van der Waals surface area contributed by atoms with Crippen molar-refractivity contribution in [3.05, 3.63) is 108 Å². The first-order valence-electron chi connectivity index (χ1n) is 10.7. The van der Waals surface area contributed by atoms with Crippen LogP contribution in [0.25, 0.3) is 5.76 Å². The molecule has 0 saturated carbocycles. The fraction of sp³-hybridized carbons (Fsp3) is 0.148. The lowest BCUT2D eigenvalue weighted by atomic mass is 9.95. The van der Waals surface area contributed by atoms with E-state index < -0.39 is 17.7 Å². The average Bonchev–Trinajstić information content (AvgIpc) is 3.13. The first kappa shape index (κ1) is 22.8. The van der Waals surface area contributed by atoms with Gasteiger partial charge in [0.1, 0.15) is 23.9 Å². The van der Waals surface area contributed by atoms with Crippen molar-refractivity contribution in [2.45, 2.75) is 12.6 Å². The summed E-state index contributed by atoms with van der Waals surface area (Å²) in [4.78, 5) is 31.9. The Kier molecular flexibility index (Phi) is 6.73. The summed E-state index contributed by atoms with van der Waals surface area (Å²) in [6.07, 6.45) is 4.91. The number of aliphatic hydroxyl groups is 1. The van der Waals surface area contributed by atoms with Gasteiger partial charge in [-0.05, 0) is 53.6 Å². The van der Waals surface area contributed by atoms with E-state index in [1.165, 1.54) is 4.90 Å². The van der Waals surface area contributed by atoms with E-state index in [2.05, 4.69) is 11.6 Å².